The third-order valence-corrected chi connectivity index (χ3v) is 5.30. The van der Waals surface area contributed by atoms with E-state index < -0.39 is 10.8 Å². The quantitative estimate of drug-likeness (QED) is 0.288. The molecule has 150 valence electrons. The number of non-ortho nitro benzene ring substituents is 1. The fourth-order valence-corrected chi connectivity index (χ4v) is 3.91. The van der Waals surface area contributed by atoms with E-state index in [1.165, 1.54) is 41.2 Å². The van der Waals surface area contributed by atoms with Gasteiger partial charge in [-0.1, -0.05) is 35.9 Å². The summed E-state index contributed by atoms with van der Waals surface area (Å²) in [4.78, 5) is 27.6. The summed E-state index contributed by atoms with van der Waals surface area (Å²) < 4.78 is 1.71. The second-order valence-electron chi connectivity index (χ2n) is 6.74. The van der Waals surface area contributed by atoms with E-state index in [0.717, 1.165) is 16.8 Å². The van der Waals surface area contributed by atoms with Crippen LogP contribution >= 0.6 is 11.3 Å². The number of aromatic nitrogens is 3. The molecule has 0 aliphatic carbocycles. The first-order chi connectivity index (χ1) is 14.4. The van der Waals surface area contributed by atoms with Crippen LogP contribution in [0.2, 0.25) is 0 Å². The standard InChI is InChI=1S/C21H17N5O3S/c1-13-6-8-17(14(2)10-13)18-12-30-21-23-20(24-25(18)21)22-19(27)9-7-15-4-3-5-16(11-15)26(28)29/h3-12H,1-2H3,(H,22,24,27)/b9-7+. The van der Waals surface area contributed by atoms with Crippen molar-refractivity contribution in [3.63, 3.8) is 0 Å². The maximum atomic E-state index is 12.2. The second-order valence-corrected chi connectivity index (χ2v) is 7.58. The smallest absolute Gasteiger partial charge is 0.270 e. The summed E-state index contributed by atoms with van der Waals surface area (Å²) in [6.45, 7) is 4.09. The number of benzene rings is 2. The van der Waals surface area contributed by atoms with E-state index in [9.17, 15) is 14.9 Å². The number of rotatable bonds is 5. The first-order valence-electron chi connectivity index (χ1n) is 9.06. The number of anilines is 1. The third kappa shape index (κ3) is 3.96. The molecule has 0 fully saturated rings. The van der Waals surface area contributed by atoms with Crippen molar-refractivity contribution in [3.05, 3.63) is 80.7 Å². The van der Waals surface area contributed by atoms with Crippen molar-refractivity contribution in [2.75, 3.05) is 5.32 Å². The molecule has 0 saturated heterocycles. The van der Waals surface area contributed by atoms with Crippen molar-refractivity contribution in [3.8, 4) is 11.3 Å². The summed E-state index contributed by atoms with van der Waals surface area (Å²) in [6.07, 6.45) is 2.79. The largest absolute Gasteiger partial charge is 0.290 e. The number of amides is 1. The van der Waals surface area contributed by atoms with Crippen LogP contribution in [0.15, 0.2) is 53.9 Å². The minimum Gasteiger partial charge on any atom is -0.290 e. The Hall–Kier alpha value is -3.85. The Kier molecular flexibility index (Phi) is 5.11. The predicted molar refractivity (Wildman–Crippen MR) is 117 cm³/mol. The zero-order chi connectivity index (χ0) is 21.3. The van der Waals surface area contributed by atoms with E-state index in [4.69, 9.17) is 0 Å². The lowest BCUT2D eigenvalue weighted by Crippen LogP contribution is -2.09. The first-order valence-corrected chi connectivity index (χ1v) is 9.94. The van der Waals surface area contributed by atoms with Crippen LogP contribution in [0.25, 0.3) is 22.3 Å². The number of thiazole rings is 1. The number of carbonyl (C=O) groups is 1. The molecule has 2 heterocycles. The Morgan fingerprint density at radius 1 is 1.23 bits per heavy atom. The Morgan fingerprint density at radius 2 is 2.07 bits per heavy atom. The molecule has 2 aromatic carbocycles. The van der Waals surface area contributed by atoms with Crippen LogP contribution in [0, 0.1) is 24.0 Å². The van der Waals surface area contributed by atoms with Gasteiger partial charge >= 0.3 is 0 Å². The molecular weight excluding hydrogens is 402 g/mol. The van der Waals surface area contributed by atoms with Crippen LogP contribution in [0.5, 0.6) is 0 Å². The zero-order valence-electron chi connectivity index (χ0n) is 16.2. The summed E-state index contributed by atoms with van der Waals surface area (Å²) in [5.74, 6) is -0.227. The molecule has 0 bridgehead atoms. The summed E-state index contributed by atoms with van der Waals surface area (Å²) >= 11 is 1.44. The van der Waals surface area contributed by atoms with Crippen LogP contribution in [-0.4, -0.2) is 25.4 Å². The molecule has 1 amide bonds. The van der Waals surface area contributed by atoms with E-state index >= 15 is 0 Å². The molecule has 0 atom stereocenters. The average Bonchev–Trinajstić information content (AvgIpc) is 3.27. The fraction of sp³-hybridized carbons (Fsp3) is 0.0952. The fourth-order valence-electron chi connectivity index (χ4n) is 3.09. The molecule has 0 aliphatic rings. The second kappa shape index (κ2) is 7.88. The molecular formula is C21H17N5O3S. The number of aryl methyl sites for hydroxylation is 2. The molecule has 4 aromatic rings. The Bertz CT molecular complexity index is 1310. The summed E-state index contributed by atoms with van der Waals surface area (Å²) in [5.41, 5.74) is 4.80. The number of nitro benzene ring substituents is 1. The average molecular weight is 419 g/mol. The van der Waals surface area contributed by atoms with Crippen molar-refractivity contribution in [2.45, 2.75) is 13.8 Å². The number of nitrogens with zero attached hydrogens (tertiary/aromatic N) is 4. The van der Waals surface area contributed by atoms with Crippen molar-refractivity contribution in [1.29, 1.82) is 0 Å². The van der Waals surface area contributed by atoms with Gasteiger partial charge in [-0.15, -0.1) is 16.4 Å². The van der Waals surface area contributed by atoms with Crippen LogP contribution in [-0.2, 0) is 4.79 Å². The minimum absolute atomic E-state index is 0.0347. The zero-order valence-corrected chi connectivity index (χ0v) is 17.0. The van der Waals surface area contributed by atoms with Crippen molar-refractivity contribution >= 4 is 39.9 Å². The molecule has 0 aliphatic heterocycles. The molecule has 2 aromatic heterocycles. The normalized spacial score (nSPS) is 11.3. The Morgan fingerprint density at radius 3 is 2.83 bits per heavy atom. The number of carbonyl (C=O) groups excluding carboxylic acids is 1. The lowest BCUT2D eigenvalue weighted by molar-refractivity contribution is -0.384. The molecule has 0 saturated carbocycles. The van der Waals surface area contributed by atoms with E-state index in [1.54, 1.807) is 16.6 Å². The highest BCUT2D eigenvalue weighted by Crippen LogP contribution is 2.28. The summed E-state index contributed by atoms with van der Waals surface area (Å²) in [7, 11) is 0. The number of hydrogen-bond acceptors (Lipinski definition) is 6. The Labute approximate surface area is 175 Å². The van der Waals surface area contributed by atoms with Gasteiger partial charge in [0.2, 0.25) is 4.96 Å². The van der Waals surface area contributed by atoms with Crippen LogP contribution < -0.4 is 5.32 Å². The van der Waals surface area contributed by atoms with Gasteiger partial charge in [0.25, 0.3) is 17.5 Å². The molecule has 0 radical (unpaired) electrons. The molecule has 1 N–H and O–H groups in total. The third-order valence-electron chi connectivity index (χ3n) is 4.48. The SMILES string of the molecule is Cc1ccc(-c2csc3nc(NC(=O)/C=C/c4cccc([N+](=O)[O-])c4)nn23)c(C)c1. The van der Waals surface area contributed by atoms with Gasteiger partial charge in [-0.25, -0.2) is 4.52 Å². The highest BCUT2D eigenvalue weighted by molar-refractivity contribution is 7.15. The topological polar surface area (TPSA) is 102 Å². The van der Waals surface area contributed by atoms with Crippen molar-refractivity contribution in [1.82, 2.24) is 14.6 Å². The van der Waals surface area contributed by atoms with E-state index in [-0.39, 0.29) is 11.6 Å². The van der Waals surface area contributed by atoms with Gasteiger partial charge in [-0.3, -0.25) is 20.2 Å². The molecule has 0 unspecified atom stereocenters. The highest BCUT2D eigenvalue weighted by Gasteiger charge is 2.14. The molecule has 9 heteroatoms. The van der Waals surface area contributed by atoms with Crippen LogP contribution in [0.1, 0.15) is 16.7 Å². The first kappa shape index (κ1) is 19.5. The van der Waals surface area contributed by atoms with E-state index in [0.29, 0.717) is 10.5 Å². The van der Waals surface area contributed by atoms with Gasteiger partial charge in [0.05, 0.1) is 10.6 Å². The maximum Gasteiger partial charge on any atom is 0.270 e. The van der Waals surface area contributed by atoms with Gasteiger partial charge in [0.15, 0.2) is 0 Å². The molecule has 4 rings (SSSR count). The number of hydrogen-bond donors (Lipinski definition) is 1. The molecule has 8 nitrogen and oxygen atoms in total. The van der Waals surface area contributed by atoms with Crippen molar-refractivity contribution < 1.29 is 9.72 Å². The molecule has 0 spiro atoms. The Balaban J connectivity index is 1.53. The summed E-state index contributed by atoms with van der Waals surface area (Å²) in [6, 6.07) is 12.2. The van der Waals surface area contributed by atoms with E-state index in [1.807, 2.05) is 31.4 Å². The highest BCUT2D eigenvalue weighted by atomic mass is 32.1. The van der Waals surface area contributed by atoms with Crippen LogP contribution in [0.3, 0.4) is 0 Å². The van der Waals surface area contributed by atoms with E-state index in [2.05, 4.69) is 21.5 Å². The number of nitrogens with one attached hydrogen (secondary N) is 1. The van der Waals surface area contributed by atoms with Crippen LogP contribution in [0.4, 0.5) is 11.6 Å². The molecule has 30 heavy (non-hydrogen) atoms. The van der Waals surface area contributed by atoms with Crippen molar-refractivity contribution in [2.24, 2.45) is 0 Å². The van der Waals surface area contributed by atoms with Gasteiger partial charge < -0.3 is 0 Å². The number of nitro groups is 1. The number of fused-ring (bicyclic) bond motifs is 1. The lowest BCUT2D eigenvalue weighted by Gasteiger charge is -2.05. The predicted octanol–water partition coefficient (Wildman–Crippen LogP) is 4.63. The van der Waals surface area contributed by atoms with Gasteiger partial charge in [-0.2, -0.15) is 4.98 Å². The van der Waals surface area contributed by atoms with Gasteiger partial charge in [0.1, 0.15) is 0 Å². The minimum atomic E-state index is -0.480. The lowest BCUT2D eigenvalue weighted by atomic mass is 10.0. The maximum absolute atomic E-state index is 12.2. The van der Waals surface area contributed by atoms with Gasteiger partial charge in [-0.05, 0) is 31.1 Å². The van der Waals surface area contributed by atoms with Gasteiger partial charge in [0, 0.05) is 29.2 Å². The monoisotopic (exact) mass is 419 g/mol. The summed E-state index contributed by atoms with van der Waals surface area (Å²) in [5, 5.41) is 19.9.